The standard InChI is InChI=1S/C16H18ClN3O3/c1-3-10(2)19-16(22)20-14(21)9-23-13-7-6-12(17)11-5-4-8-18-15(11)13/h4-8,10H,3,9H2,1-2H3,(H2,19,20,21,22)/t10-/m1/s1. The first kappa shape index (κ1) is 17.0. The van der Waals surface area contributed by atoms with E-state index in [1.54, 1.807) is 24.4 Å². The molecule has 2 N–H and O–H groups in total. The van der Waals surface area contributed by atoms with E-state index in [9.17, 15) is 9.59 Å². The fraction of sp³-hybridized carbons (Fsp3) is 0.312. The molecule has 0 spiro atoms. The molecule has 1 aromatic heterocycles. The minimum Gasteiger partial charge on any atom is -0.481 e. The number of carbonyl (C=O) groups excluding carboxylic acids is 2. The van der Waals surface area contributed by atoms with Gasteiger partial charge in [0.1, 0.15) is 11.3 Å². The number of imide groups is 1. The summed E-state index contributed by atoms with van der Waals surface area (Å²) < 4.78 is 5.46. The summed E-state index contributed by atoms with van der Waals surface area (Å²) in [6, 6.07) is 6.36. The molecule has 0 fully saturated rings. The molecule has 2 rings (SSSR count). The lowest BCUT2D eigenvalue weighted by atomic mass is 10.2. The van der Waals surface area contributed by atoms with Crippen LogP contribution >= 0.6 is 11.6 Å². The van der Waals surface area contributed by atoms with E-state index in [1.165, 1.54) is 0 Å². The average Bonchev–Trinajstić information content (AvgIpc) is 2.54. The first-order valence-corrected chi connectivity index (χ1v) is 7.65. The zero-order chi connectivity index (χ0) is 16.8. The van der Waals surface area contributed by atoms with Crippen LogP contribution in [0.3, 0.4) is 0 Å². The van der Waals surface area contributed by atoms with Gasteiger partial charge in [0.15, 0.2) is 6.61 Å². The number of fused-ring (bicyclic) bond motifs is 1. The Labute approximate surface area is 139 Å². The number of nitrogens with one attached hydrogen (secondary N) is 2. The smallest absolute Gasteiger partial charge is 0.321 e. The number of carbonyl (C=O) groups is 2. The highest BCUT2D eigenvalue weighted by atomic mass is 35.5. The van der Waals surface area contributed by atoms with Gasteiger partial charge in [0.2, 0.25) is 0 Å². The Morgan fingerprint density at radius 1 is 1.35 bits per heavy atom. The molecule has 6 nitrogen and oxygen atoms in total. The Kier molecular flexibility index (Phi) is 5.76. The van der Waals surface area contributed by atoms with Gasteiger partial charge in [0.05, 0.1) is 5.02 Å². The number of benzene rings is 1. The topological polar surface area (TPSA) is 80.3 Å². The van der Waals surface area contributed by atoms with Crippen LogP contribution in [-0.2, 0) is 4.79 Å². The van der Waals surface area contributed by atoms with E-state index in [1.807, 2.05) is 19.9 Å². The third kappa shape index (κ3) is 4.56. The molecule has 0 unspecified atom stereocenters. The lowest BCUT2D eigenvalue weighted by Crippen LogP contribution is -2.44. The number of hydrogen-bond acceptors (Lipinski definition) is 4. The van der Waals surface area contributed by atoms with Crippen LogP contribution in [0.1, 0.15) is 20.3 Å². The molecule has 0 aliphatic heterocycles. The molecule has 0 saturated heterocycles. The van der Waals surface area contributed by atoms with Crippen LogP contribution in [0.5, 0.6) is 5.75 Å². The molecule has 1 aromatic carbocycles. The normalized spacial score (nSPS) is 11.8. The van der Waals surface area contributed by atoms with Gasteiger partial charge in [-0.2, -0.15) is 0 Å². The highest BCUT2D eigenvalue weighted by Crippen LogP contribution is 2.29. The lowest BCUT2D eigenvalue weighted by Gasteiger charge is -2.12. The molecule has 1 heterocycles. The third-order valence-corrected chi connectivity index (χ3v) is 3.61. The Morgan fingerprint density at radius 3 is 2.87 bits per heavy atom. The van der Waals surface area contributed by atoms with Gasteiger partial charge in [0.25, 0.3) is 5.91 Å². The van der Waals surface area contributed by atoms with E-state index in [-0.39, 0.29) is 12.6 Å². The maximum atomic E-state index is 11.8. The van der Waals surface area contributed by atoms with Crippen molar-refractivity contribution < 1.29 is 14.3 Å². The number of aromatic nitrogens is 1. The fourth-order valence-electron chi connectivity index (χ4n) is 1.90. The molecule has 0 saturated carbocycles. The molecule has 0 aliphatic carbocycles. The van der Waals surface area contributed by atoms with Crippen molar-refractivity contribution in [3.05, 3.63) is 35.5 Å². The number of ether oxygens (including phenoxy) is 1. The molecule has 122 valence electrons. The summed E-state index contributed by atoms with van der Waals surface area (Å²) in [5.41, 5.74) is 0.567. The van der Waals surface area contributed by atoms with Crippen LogP contribution in [0.25, 0.3) is 10.9 Å². The van der Waals surface area contributed by atoms with Gasteiger partial charge in [-0.05, 0) is 37.6 Å². The Bertz CT molecular complexity index is 721. The van der Waals surface area contributed by atoms with Crippen molar-refractivity contribution in [3.63, 3.8) is 0 Å². The molecule has 23 heavy (non-hydrogen) atoms. The Balaban J connectivity index is 1.97. The molecular weight excluding hydrogens is 318 g/mol. The zero-order valence-electron chi connectivity index (χ0n) is 12.9. The Morgan fingerprint density at radius 2 is 2.13 bits per heavy atom. The quantitative estimate of drug-likeness (QED) is 0.880. The van der Waals surface area contributed by atoms with E-state index >= 15 is 0 Å². The molecule has 1 atom stereocenters. The summed E-state index contributed by atoms with van der Waals surface area (Å²) in [6.07, 6.45) is 2.39. The minimum absolute atomic E-state index is 0.00636. The van der Waals surface area contributed by atoms with Crippen molar-refractivity contribution in [1.82, 2.24) is 15.6 Å². The molecule has 0 bridgehead atoms. The van der Waals surface area contributed by atoms with E-state index in [0.717, 1.165) is 11.8 Å². The fourth-order valence-corrected chi connectivity index (χ4v) is 2.11. The predicted octanol–water partition coefficient (Wildman–Crippen LogP) is 2.89. The number of rotatable bonds is 5. The monoisotopic (exact) mass is 335 g/mol. The van der Waals surface area contributed by atoms with Crippen LogP contribution in [0, 0.1) is 0 Å². The second kappa shape index (κ2) is 7.78. The summed E-state index contributed by atoms with van der Waals surface area (Å²) in [6.45, 7) is 3.50. The second-order valence-corrected chi connectivity index (χ2v) is 5.47. The van der Waals surface area contributed by atoms with Crippen molar-refractivity contribution in [2.75, 3.05) is 6.61 Å². The molecular formula is C16H18ClN3O3. The third-order valence-electron chi connectivity index (χ3n) is 3.28. The van der Waals surface area contributed by atoms with Crippen LogP contribution in [-0.4, -0.2) is 29.6 Å². The van der Waals surface area contributed by atoms with Crippen molar-refractivity contribution in [2.24, 2.45) is 0 Å². The first-order chi connectivity index (χ1) is 11.0. The van der Waals surface area contributed by atoms with Crippen molar-refractivity contribution in [1.29, 1.82) is 0 Å². The van der Waals surface area contributed by atoms with Crippen LogP contribution < -0.4 is 15.4 Å². The molecule has 0 aliphatic rings. The lowest BCUT2D eigenvalue weighted by molar-refractivity contribution is -0.121. The molecule has 0 radical (unpaired) electrons. The van der Waals surface area contributed by atoms with Gasteiger partial charge in [-0.3, -0.25) is 15.1 Å². The predicted molar refractivity (Wildman–Crippen MR) is 88.7 cm³/mol. The molecule has 2 aromatic rings. The highest BCUT2D eigenvalue weighted by molar-refractivity contribution is 6.35. The number of nitrogens with zero attached hydrogens (tertiary/aromatic N) is 1. The van der Waals surface area contributed by atoms with Gasteiger partial charge in [0, 0.05) is 17.6 Å². The maximum absolute atomic E-state index is 11.8. The summed E-state index contributed by atoms with van der Waals surface area (Å²) in [4.78, 5) is 27.5. The summed E-state index contributed by atoms with van der Waals surface area (Å²) in [7, 11) is 0. The van der Waals surface area contributed by atoms with Gasteiger partial charge in [-0.15, -0.1) is 0 Å². The van der Waals surface area contributed by atoms with Gasteiger partial charge in [-0.1, -0.05) is 18.5 Å². The van der Waals surface area contributed by atoms with Gasteiger partial charge in [-0.25, -0.2) is 4.79 Å². The van der Waals surface area contributed by atoms with Gasteiger partial charge < -0.3 is 10.1 Å². The van der Waals surface area contributed by atoms with E-state index in [4.69, 9.17) is 16.3 Å². The Hall–Kier alpha value is -2.34. The summed E-state index contributed by atoms with van der Waals surface area (Å²) in [5.74, 6) is -0.104. The number of pyridine rings is 1. The van der Waals surface area contributed by atoms with Crippen LogP contribution in [0.4, 0.5) is 4.79 Å². The second-order valence-electron chi connectivity index (χ2n) is 5.06. The van der Waals surface area contributed by atoms with Gasteiger partial charge >= 0.3 is 6.03 Å². The maximum Gasteiger partial charge on any atom is 0.321 e. The van der Waals surface area contributed by atoms with Crippen molar-refractivity contribution >= 4 is 34.4 Å². The SMILES string of the molecule is CC[C@@H](C)NC(=O)NC(=O)COc1ccc(Cl)c2cccnc12. The minimum atomic E-state index is -0.537. The van der Waals surface area contributed by atoms with Crippen LogP contribution in [0.2, 0.25) is 5.02 Å². The zero-order valence-corrected chi connectivity index (χ0v) is 13.7. The molecule has 3 amide bonds. The number of halogens is 1. The largest absolute Gasteiger partial charge is 0.481 e. The highest BCUT2D eigenvalue weighted by Gasteiger charge is 2.12. The average molecular weight is 336 g/mol. The number of urea groups is 1. The van der Waals surface area contributed by atoms with Crippen molar-refractivity contribution in [2.45, 2.75) is 26.3 Å². The molecule has 7 heteroatoms. The summed E-state index contributed by atoms with van der Waals surface area (Å²) in [5, 5.41) is 6.15. The number of amides is 3. The van der Waals surface area contributed by atoms with Crippen molar-refractivity contribution in [3.8, 4) is 5.75 Å². The number of hydrogen-bond donors (Lipinski definition) is 2. The van der Waals surface area contributed by atoms with E-state index in [2.05, 4.69) is 15.6 Å². The first-order valence-electron chi connectivity index (χ1n) is 7.27. The van der Waals surface area contributed by atoms with Crippen LogP contribution in [0.15, 0.2) is 30.5 Å². The van der Waals surface area contributed by atoms with E-state index < -0.39 is 11.9 Å². The summed E-state index contributed by atoms with van der Waals surface area (Å²) >= 11 is 6.09. The van der Waals surface area contributed by atoms with E-state index in [0.29, 0.717) is 16.3 Å².